The van der Waals surface area contributed by atoms with Crippen molar-refractivity contribution in [3.63, 3.8) is 0 Å². The lowest BCUT2D eigenvalue weighted by molar-refractivity contribution is -0.522. The fraction of sp³-hybridized carbons (Fsp3) is 0.467. The summed E-state index contributed by atoms with van der Waals surface area (Å²) in [5.41, 5.74) is 17.3. The molecule has 0 aliphatic heterocycles. The summed E-state index contributed by atoms with van der Waals surface area (Å²) in [7, 11) is 0. The molecule has 0 saturated heterocycles. The normalized spacial score (nSPS) is 11.3. The van der Waals surface area contributed by atoms with E-state index in [9.17, 15) is 0 Å². The number of hydrogen-bond acceptors (Lipinski definition) is 1. The van der Waals surface area contributed by atoms with Crippen LogP contribution in [0, 0.1) is 0 Å². The van der Waals surface area contributed by atoms with Crippen molar-refractivity contribution in [2.45, 2.75) is 32.6 Å². The fourth-order valence-electron chi connectivity index (χ4n) is 1.89. The van der Waals surface area contributed by atoms with Crippen LogP contribution >= 0.6 is 11.6 Å². The molecule has 0 atom stereocenters. The van der Waals surface area contributed by atoms with Gasteiger partial charge in [-0.1, -0.05) is 37.4 Å². The Kier molecular flexibility index (Phi) is 8.14. The van der Waals surface area contributed by atoms with Crippen LogP contribution in [0.25, 0.3) is 0 Å². The maximum atomic E-state index is 6.23. The van der Waals surface area contributed by atoms with Crippen LogP contribution in [-0.2, 0) is 6.42 Å². The standard InChI is InChI=1S/C15H24ClN5O/c1-2-3-4-9-22-13-6-5-11(10-12(13)16)7-8-20-15(19)21-14(17)18/h5-6,10H,2-4,7-9H2,1H3,(H6,17,18,19,20,21)/p+2. The van der Waals surface area contributed by atoms with Gasteiger partial charge in [-0.05, 0) is 24.1 Å². The number of hydrogen-bond donors (Lipinski definition) is 5. The topological polar surface area (TPSA) is 115 Å². The second kappa shape index (κ2) is 9.89. The Balaban J connectivity index is 2.49. The summed E-state index contributed by atoms with van der Waals surface area (Å²) in [5.74, 6) is 1.10. The van der Waals surface area contributed by atoms with Gasteiger partial charge in [0.15, 0.2) is 0 Å². The average molecular weight is 328 g/mol. The molecule has 122 valence electrons. The summed E-state index contributed by atoms with van der Waals surface area (Å²) in [6.45, 7) is 3.50. The highest BCUT2D eigenvalue weighted by molar-refractivity contribution is 6.32. The van der Waals surface area contributed by atoms with Gasteiger partial charge in [0.05, 0.1) is 11.6 Å². The molecule has 0 fully saturated rings. The number of ether oxygens (including phenoxy) is 1. The van der Waals surface area contributed by atoms with Crippen LogP contribution in [0.4, 0.5) is 0 Å². The van der Waals surface area contributed by atoms with Crippen LogP contribution in [0.1, 0.15) is 31.7 Å². The molecule has 6 nitrogen and oxygen atoms in total. The third-order valence-corrected chi connectivity index (χ3v) is 3.31. The van der Waals surface area contributed by atoms with Crippen molar-refractivity contribution >= 4 is 23.5 Å². The van der Waals surface area contributed by atoms with Gasteiger partial charge < -0.3 is 16.2 Å². The lowest BCUT2D eigenvalue weighted by atomic mass is 10.1. The van der Waals surface area contributed by atoms with E-state index >= 15 is 0 Å². The minimum absolute atomic E-state index is 0.0534. The van der Waals surface area contributed by atoms with E-state index in [1.807, 2.05) is 18.2 Å². The minimum Gasteiger partial charge on any atom is -0.492 e. The second-order valence-electron chi connectivity index (χ2n) is 4.99. The Labute approximate surface area is 136 Å². The van der Waals surface area contributed by atoms with E-state index in [1.165, 1.54) is 6.42 Å². The summed E-state index contributed by atoms with van der Waals surface area (Å²) in [5, 5.41) is 0.628. The molecule has 1 rings (SSSR count). The van der Waals surface area contributed by atoms with Gasteiger partial charge in [0.2, 0.25) is 0 Å². The van der Waals surface area contributed by atoms with E-state index < -0.39 is 0 Å². The first-order valence-electron chi connectivity index (χ1n) is 7.45. The van der Waals surface area contributed by atoms with E-state index in [4.69, 9.17) is 33.5 Å². The molecule has 0 radical (unpaired) electrons. The maximum absolute atomic E-state index is 6.23. The summed E-state index contributed by atoms with van der Waals surface area (Å²) < 4.78 is 5.67. The monoisotopic (exact) mass is 327 g/mol. The molecule has 0 aliphatic rings. The van der Waals surface area contributed by atoms with E-state index in [1.54, 1.807) is 0 Å². The van der Waals surface area contributed by atoms with Gasteiger partial charge in [-0.25, -0.2) is 5.73 Å². The first-order chi connectivity index (χ1) is 10.5. The van der Waals surface area contributed by atoms with Crippen molar-refractivity contribution < 1.29 is 14.7 Å². The Morgan fingerprint density at radius 1 is 1.23 bits per heavy atom. The maximum Gasteiger partial charge on any atom is 0.517 e. The predicted molar refractivity (Wildman–Crippen MR) is 89.5 cm³/mol. The quantitative estimate of drug-likeness (QED) is 0.220. The van der Waals surface area contributed by atoms with Gasteiger partial charge in [0, 0.05) is 6.42 Å². The van der Waals surface area contributed by atoms with Crippen LogP contribution in [0.15, 0.2) is 18.2 Å². The molecular weight excluding hydrogens is 302 g/mol. The molecule has 0 heterocycles. The second-order valence-corrected chi connectivity index (χ2v) is 5.40. The highest BCUT2D eigenvalue weighted by atomic mass is 35.5. The fourth-order valence-corrected chi connectivity index (χ4v) is 2.15. The van der Waals surface area contributed by atoms with Gasteiger partial charge >= 0.3 is 5.96 Å². The first-order valence-corrected chi connectivity index (χ1v) is 7.83. The zero-order valence-corrected chi connectivity index (χ0v) is 13.7. The molecule has 22 heavy (non-hydrogen) atoms. The number of nitrogens with one attached hydrogen (secondary N) is 2. The van der Waals surface area contributed by atoms with Gasteiger partial charge in [-0.2, -0.15) is 4.99 Å². The number of halogens is 1. The van der Waals surface area contributed by atoms with E-state index in [2.05, 4.69) is 16.9 Å². The van der Waals surface area contributed by atoms with E-state index in [0.717, 1.165) is 30.6 Å². The largest absolute Gasteiger partial charge is 0.517 e. The number of rotatable bonds is 8. The number of unbranched alkanes of at least 4 members (excludes halogenated alkanes) is 2. The Bertz CT molecular complexity index is 527. The number of benzene rings is 1. The van der Waals surface area contributed by atoms with Crippen molar-refractivity contribution in [3.8, 4) is 5.75 Å². The highest BCUT2D eigenvalue weighted by Crippen LogP contribution is 2.25. The van der Waals surface area contributed by atoms with Gasteiger partial charge in [0.25, 0.3) is 5.96 Å². The Hall–Kier alpha value is -1.95. The molecule has 0 saturated carbocycles. The molecule has 8 N–H and O–H groups in total. The van der Waals surface area contributed by atoms with Crippen LogP contribution in [0.3, 0.4) is 0 Å². The molecular formula is C15H26ClN5O+2. The Morgan fingerprint density at radius 2 is 2.00 bits per heavy atom. The summed E-state index contributed by atoms with van der Waals surface area (Å²) in [6, 6.07) is 5.81. The first kappa shape index (κ1) is 18.1. The molecule has 0 aromatic heterocycles. The number of nitrogens with two attached hydrogens (primary N) is 3. The summed E-state index contributed by atoms with van der Waals surface area (Å²) >= 11 is 6.23. The lowest BCUT2D eigenvalue weighted by Crippen LogP contribution is -2.98. The van der Waals surface area contributed by atoms with Crippen molar-refractivity contribution in [1.82, 2.24) is 0 Å². The molecule has 0 unspecified atom stereocenters. The van der Waals surface area contributed by atoms with E-state index in [-0.39, 0.29) is 5.96 Å². The summed E-state index contributed by atoms with van der Waals surface area (Å²) in [6.07, 6.45) is 4.15. The molecule has 0 spiro atoms. The van der Waals surface area contributed by atoms with Gasteiger partial charge in [0.1, 0.15) is 12.3 Å². The highest BCUT2D eigenvalue weighted by Gasteiger charge is 2.06. The van der Waals surface area contributed by atoms with Crippen LogP contribution in [0.5, 0.6) is 5.75 Å². The molecule has 0 amide bonds. The third-order valence-electron chi connectivity index (χ3n) is 3.01. The minimum atomic E-state index is 0.0534. The van der Waals surface area contributed by atoms with Crippen LogP contribution in [0.2, 0.25) is 5.02 Å². The smallest absolute Gasteiger partial charge is 0.492 e. The Morgan fingerprint density at radius 3 is 2.64 bits per heavy atom. The summed E-state index contributed by atoms with van der Waals surface area (Å²) in [4.78, 5) is 5.57. The molecule has 0 bridgehead atoms. The molecule has 0 aliphatic carbocycles. The molecule has 1 aromatic carbocycles. The van der Waals surface area contributed by atoms with Gasteiger partial charge in [-0.15, -0.1) is 4.99 Å². The zero-order valence-electron chi connectivity index (χ0n) is 13.0. The van der Waals surface area contributed by atoms with E-state index in [0.29, 0.717) is 24.1 Å². The van der Waals surface area contributed by atoms with Crippen molar-refractivity contribution in [2.24, 2.45) is 17.2 Å². The lowest BCUT2D eigenvalue weighted by Gasteiger charge is -2.08. The third kappa shape index (κ3) is 7.17. The number of guanidine groups is 2. The molecule has 7 heteroatoms. The van der Waals surface area contributed by atoms with Crippen LogP contribution in [-0.4, -0.2) is 25.1 Å². The van der Waals surface area contributed by atoms with Crippen molar-refractivity contribution in [1.29, 1.82) is 0 Å². The SMILES string of the molecule is CCCCCOc1ccc(CC[NH+]=C(N)[NH+]=C(N)N)cc1Cl. The van der Waals surface area contributed by atoms with Gasteiger partial charge in [-0.3, -0.25) is 0 Å². The van der Waals surface area contributed by atoms with Crippen molar-refractivity contribution in [2.75, 3.05) is 13.2 Å². The predicted octanol–water partition coefficient (Wildman–Crippen LogP) is -1.80. The average Bonchev–Trinajstić information content (AvgIpc) is 2.44. The zero-order chi connectivity index (χ0) is 16.4. The van der Waals surface area contributed by atoms with Crippen molar-refractivity contribution in [3.05, 3.63) is 28.8 Å². The van der Waals surface area contributed by atoms with Crippen LogP contribution < -0.4 is 31.9 Å². The molecule has 1 aromatic rings.